The van der Waals surface area contributed by atoms with Crippen LogP contribution in [0.4, 0.5) is 19.3 Å². The number of benzene rings is 1. The molecule has 30 heavy (non-hydrogen) atoms. The molecule has 3 N–H and O–H groups in total. The van der Waals surface area contributed by atoms with Crippen LogP contribution in [0.1, 0.15) is 42.3 Å². The van der Waals surface area contributed by atoms with E-state index in [1.54, 1.807) is 4.90 Å². The number of hydrogen-bond acceptors (Lipinski definition) is 5. The molecule has 2 heterocycles. The number of carbonyl (C=O) groups is 2. The lowest BCUT2D eigenvalue weighted by molar-refractivity contribution is 0.0798. The third-order valence-corrected chi connectivity index (χ3v) is 6.05. The van der Waals surface area contributed by atoms with Crippen molar-refractivity contribution in [3.63, 3.8) is 0 Å². The molecular weight excluding hydrogens is 412 g/mol. The summed E-state index contributed by atoms with van der Waals surface area (Å²) in [5.74, 6) is -1.76. The van der Waals surface area contributed by atoms with Crippen LogP contribution in [0.3, 0.4) is 0 Å². The Bertz CT molecular complexity index is 899. The highest BCUT2D eigenvalue weighted by Gasteiger charge is 2.27. The summed E-state index contributed by atoms with van der Waals surface area (Å²) in [5.41, 5.74) is 6.54. The van der Waals surface area contributed by atoms with Gasteiger partial charge in [-0.2, -0.15) is 0 Å². The van der Waals surface area contributed by atoms with Crippen LogP contribution >= 0.6 is 11.3 Å². The Balaban J connectivity index is 1.64. The number of nitrogens with one attached hydrogen (secondary N) is 1. The Morgan fingerprint density at radius 1 is 1.27 bits per heavy atom. The van der Waals surface area contributed by atoms with Crippen molar-refractivity contribution in [2.45, 2.75) is 38.6 Å². The first kappa shape index (κ1) is 22.0. The van der Waals surface area contributed by atoms with Gasteiger partial charge in [-0.25, -0.2) is 13.6 Å². The fraction of sp³-hybridized carbons (Fsp3) is 0.429. The monoisotopic (exact) mass is 437 g/mol. The van der Waals surface area contributed by atoms with E-state index in [1.165, 1.54) is 18.2 Å². The molecule has 1 aliphatic heterocycles. The van der Waals surface area contributed by atoms with Gasteiger partial charge in [0.25, 0.3) is 5.91 Å². The number of nitrogen functional groups attached to an aromatic ring is 1. The second-order valence-electron chi connectivity index (χ2n) is 7.28. The van der Waals surface area contributed by atoms with Crippen LogP contribution in [0.5, 0.6) is 0 Å². The summed E-state index contributed by atoms with van der Waals surface area (Å²) in [4.78, 5) is 27.3. The van der Waals surface area contributed by atoms with E-state index in [2.05, 4.69) is 5.32 Å². The topological polar surface area (TPSA) is 84.7 Å². The van der Waals surface area contributed by atoms with Gasteiger partial charge in [-0.1, -0.05) is 13.3 Å². The van der Waals surface area contributed by atoms with E-state index >= 15 is 0 Å². The molecule has 1 aromatic heterocycles. The van der Waals surface area contributed by atoms with Gasteiger partial charge < -0.3 is 20.7 Å². The second kappa shape index (κ2) is 9.88. The molecule has 0 radical (unpaired) electrons. The zero-order valence-electron chi connectivity index (χ0n) is 16.7. The van der Waals surface area contributed by atoms with Crippen molar-refractivity contribution in [2.24, 2.45) is 0 Å². The number of ether oxygens (including phenoxy) is 1. The van der Waals surface area contributed by atoms with Gasteiger partial charge >= 0.3 is 6.09 Å². The molecule has 6 nitrogen and oxygen atoms in total. The maximum absolute atomic E-state index is 13.5. The average molecular weight is 438 g/mol. The highest BCUT2D eigenvalue weighted by Crippen LogP contribution is 2.34. The number of halogens is 2. The number of rotatable bonds is 6. The predicted molar refractivity (Wildman–Crippen MR) is 112 cm³/mol. The lowest BCUT2D eigenvalue weighted by Crippen LogP contribution is -2.49. The van der Waals surface area contributed by atoms with Crippen molar-refractivity contribution >= 4 is 29.0 Å². The fourth-order valence-corrected chi connectivity index (χ4v) is 4.30. The predicted octanol–water partition coefficient (Wildman–Crippen LogP) is 4.41. The molecule has 162 valence electrons. The van der Waals surface area contributed by atoms with Crippen molar-refractivity contribution < 1.29 is 23.1 Å². The molecule has 1 aromatic carbocycles. The maximum Gasteiger partial charge on any atom is 0.409 e. The first-order chi connectivity index (χ1) is 14.4. The van der Waals surface area contributed by atoms with Gasteiger partial charge in [0, 0.05) is 30.1 Å². The molecule has 1 atom stereocenters. The van der Waals surface area contributed by atoms with Crippen molar-refractivity contribution in [3.05, 3.63) is 40.8 Å². The van der Waals surface area contributed by atoms with Crippen LogP contribution < -0.4 is 11.1 Å². The zero-order valence-corrected chi connectivity index (χ0v) is 17.6. The summed E-state index contributed by atoms with van der Waals surface area (Å²) in [6.45, 7) is 3.36. The molecule has 0 saturated carbocycles. The van der Waals surface area contributed by atoms with Gasteiger partial charge in [0.05, 0.1) is 12.3 Å². The quantitative estimate of drug-likeness (QED) is 0.656. The molecule has 2 aromatic rings. The number of hydrogen-bond donors (Lipinski definition) is 2. The van der Waals surface area contributed by atoms with E-state index in [0.717, 1.165) is 43.1 Å². The van der Waals surface area contributed by atoms with Gasteiger partial charge in [-0.15, -0.1) is 11.3 Å². The largest absolute Gasteiger partial charge is 0.449 e. The summed E-state index contributed by atoms with van der Waals surface area (Å²) in [7, 11) is 0. The lowest BCUT2D eigenvalue weighted by Gasteiger charge is -2.32. The summed E-state index contributed by atoms with van der Waals surface area (Å²) in [6, 6.07) is 4.49. The van der Waals surface area contributed by atoms with Crippen LogP contribution in [0.2, 0.25) is 0 Å². The summed E-state index contributed by atoms with van der Waals surface area (Å²) in [5, 5.41) is 2.91. The number of unbranched alkanes of at least 4 members (excludes halogenated alkanes) is 1. The van der Waals surface area contributed by atoms with E-state index in [-0.39, 0.29) is 28.6 Å². The first-order valence-corrected chi connectivity index (χ1v) is 10.8. The molecule has 0 bridgehead atoms. The van der Waals surface area contributed by atoms with Gasteiger partial charge in [-0.05, 0) is 43.0 Å². The molecule has 0 spiro atoms. The minimum Gasteiger partial charge on any atom is -0.449 e. The molecular formula is C21H25F2N3O3S. The van der Waals surface area contributed by atoms with Crippen molar-refractivity contribution in [1.29, 1.82) is 0 Å². The lowest BCUT2D eigenvalue weighted by atomic mass is 10.1. The van der Waals surface area contributed by atoms with E-state index in [4.69, 9.17) is 10.5 Å². The summed E-state index contributed by atoms with van der Waals surface area (Å²) < 4.78 is 32.2. The molecule has 0 unspecified atom stereocenters. The summed E-state index contributed by atoms with van der Waals surface area (Å²) in [6.07, 6.45) is 2.88. The standard InChI is InChI=1S/C21H25F2N3O3S/c1-2-3-7-29-21(28)26-6-4-5-16(12-26)25-20(27)19-17(24)11-18(30-19)13-8-14(22)10-15(23)9-13/h8-11,16H,2-7,12,24H2,1H3,(H,25,27)/t16-/m1/s1. The van der Waals surface area contributed by atoms with Gasteiger partial charge in [0.15, 0.2) is 0 Å². The van der Waals surface area contributed by atoms with E-state index in [9.17, 15) is 18.4 Å². The van der Waals surface area contributed by atoms with Crippen molar-refractivity contribution in [1.82, 2.24) is 10.2 Å². The molecule has 1 fully saturated rings. The molecule has 1 aliphatic rings. The number of anilines is 1. The zero-order chi connectivity index (χ0) is 21.7. The number of thiophene rings is 1. The number of piperidine rings is 1. The average Bonchev–Trinajstić information content (AvgIpc) is 3.09. The third kappa shape index (κ3) is 5.47. The Kier molecular flexibility index (Phi) is 7.25. The highest BCUT2D eigenvalue weighted by molar-refractivity contribution is 7.18. The fourth-order valence-electron chi connectivity index (χ4n) is 3.33. The minimum absolute atomic E-state index is 0.221. The number of amides is 2. The van der Waals surface area contributed by atoms with Crippen molar-refractivity contribution in [3.8, 4) is 10.4 Å². The summed E-state index contributed by atoms with van der Waals surface area (Å²) >= 11 is 1.07. The van der Waals surface area contributed by atoms with Crippen LogP contribution in [-0.4, -0.2) is 42.6 Å². The Labute approximate surface area is 178 Å². The van der Waals surface area contributed by atoms with Gasteiger partial charge in [0.2, 0.25) is 0 Å². The number of carbonyl (C=O) groups excluding carboxylic acids is 2. The molecule has 3 rings (SSSR count). The van der Waals surface area contributed by atoms with Crippen LogP contribution in [-0.2, 0) is 4.74 Å². The first-order valence-electron chi connectivity index (χ1n) is 9.95. The number of likely N-dealkylation sites (tertiary alicyclic amines) is 1. The van der Waals surface area contributed by atoms with E-state index < -0.39 is 11.6 Å². The Morgan fingerprint density at radius 3 is 2.70 bits per heavy atom. The smallest absolute Gasteiger partial charge is 0.409 e. The van der Waals surface area contributed by atoms with Gasteiger partial charge in [0.1, 0.15) is 16.5 Å². The Morgan fingerprint density at radius 2 is 2.00 bits per heavy atom. The van der Waals surface area contributed by atoms with E-state index in [1.807, 2.05) is 6.92 Å². The van der Waals surface area contributed by atoms with Crippen LogP contribution in [0.25, 0.3) is 10.4 Å². The Hall–Kier alpha value is -2.68. The van der Waals surface area contributed by atoms with Crippen LogP contribution in [0, 0.1) is 11.6 Å². The van der Waals surface area contributed by atoms with E-state index in [0.29, 0.717) is 30.1 Å². The molecule has 0 aliphatic carbocycles. The SMILES string of the molecule is CCCCOC(=O)N1CCC[C@@H](NC(=O)c2sc(-c3cc(F)cc(F)c3)cc2N)C1. The highest BCUT2D eigenvalue weighted by atomic mass is 32.1. The third-order valence-electron chi connectivity index (χ3n) is 4.85. The maximum atomic E-state index is 13.5. The molecule has 1 saturated heterocycles. The minimum atomic E-state index is -0.698. The van der Waals surface area contributed by atoms with Crippen molar-refractivity contribution in [2.75, 3.05) is 25.4 Å². The molecule has 9 heteroatoms. The second-order valence-corrected chi connectivity index (χ2v) is 8.33. The number of nitrogens with two attached hydrogens (primary N) is 1. The van der Waals surface area contributed by atoms with Gasteiger partial charge in [-0.3, -0.25) is 4.79 Å². The molecule has 2 amide bonds. The normalized spacial score (nSPS) is 16.4. The van der Waals surface area contributed by atoms with Crippen LogP contribution in [0.15, 0.2) is 24.3 Å². The number of nitrogens with zero attached hydrogens (tertiary/aromatic N) is 1.